The van der Waals surface area contributed by atoms with Gasteiger partial charge in [0.05, 0.1) is 21.1 Å². The van der Waals surface area contributed by atoms with Gasteiger partial charge in [0.1, 0.15) is 5.82 Å². The van der Waals surface area contributed by atoms with Gasteiger partial charge in [0.2, 0.25) is 5.95 Å². The van der Waals surface area contributed by atoms with Crippen molar-refractivity contribution in [1.29, 1.82) is 0 Å². The Bertz CT molecular complexity index is 797. The standard InChI is InChI=1S/C15H12Cl2FN3/c16-11-7-13-14(8-12(11)17)21(15(19)20-13)6-5-9-1-3-10(18)4-2-9/h1-4,7-8H,5-6H2,(H2,19,20). The third kappa shape index (κ3) is 2.82. The van der Waals surface area contributed by atoms with E-state index in [4.69, 9.17) is 28.9 Å². The molecule has 108 valence electrons. The van der Waals surface area contributed by atoms with Crippen LogP contribution in [0.1, 0.15) is 5.56 Å². The van der Waals surface area contributed by atoms with Crippen molar-refractivity contribution in [3.8, 4) is 0 Å². The van der Waals surface area contributed by atoms with Crippen LogP contribution in [0.25, 0.3) is 11.0 Å². The average molecular weight is 324 g/mol. The van der Waals surface area contributed by atoms with Gasteiger partial charge in [-0.15, -0.1) is 0 Å². The monoisotopic (exact) mass is 323 g/mol. The molecule has 1 aromatic heterocycles. The summed E-state index contributed by atoms with van der Waals surface area (Å²) in [4.78, 5) is 4.28. The highest BCUT2D eigenvalue weighted by Crippen LogP contribution is 2.29. The van der Waals surface area contributed by atoms with Gasteiger partial charge >= 0.3 is 0 Å². The van der Waals surface area contributed by atoms with Crippen molar-refractivity contribution >= 4 is 40.2 Å². The van der Waals surface area contributed by atoms with Crippen LogP contribution < -0.4 is 5.73 Å². The lowest BCUT2D eigenvalue weighted by molar-refractivity contribution is 0.626. The van der Waals surface area contributed by atoms with Crippen molar-refractivity contribution in [3.63, 3.8) is 0 Å². The van der Waals surface area contributed by atoms with Crippen LogP contribution in [-0.4, -0.2) is 9.55 Å². The number of aromatic nitrogens is 2. The summed E-state index contributed by atoms with van der Waals surface area (Å²) in [7, 11) is 0. The zero-order chi connectivity index (χ0) is 15.0. The Balaban J connectivity index is 1.91. The average Bonchev–Trinajstić information content (AvgIpc) is 2.74. The summed E-state index contributed by atoms with van der Waals surface area (Å²) in [6.45, 7) is 0.631. The number of imidazole rings is 1. The van der Waals surface area contributed by atoms with Crippen molar-refractivity contribution < 1.29 is 4.39 Å². The van der Waals surface area contributed by atoms with Crippen molar-refractivity contribution in [2.45, 2.75) is 13.0 Å². The highest BCUT2D eigenvalue weighted by Gasteiger charge is 2.11. The van der Waals surface area contributed by atoms with Crippen LogP contribution in [0.5, 0.6) is 0 Å². The second-order valence-electron chi connectivity index (χ2n) is 4.75. The highest BCUT2D eigenvalue weighted by atomic mass is 35.5. The lowest BCUT2D eigenvalue weighted by Gasteiger charge is -2.07. The fourth-order valence-corrected chi connectivity index (χ4v) is 2.58. The van der Waals surface area contributed by atoms with Crippen molar-refractivity contribution in [2.75, 3.05) is 5.73 Å². The van der Waals surface area contributed by atoms with Crippen LogP contribution in [0.2, 0.25) is 10.0 Å². The maximum atomic E-state index is 12.9. The predicted molar refractivity (Wildman–Crippen MR) is 84.3 cm³/mol. The SMILES string of the molecule is Nc1nc2cc(Cl)c(Cl)cc2n1CCc1ccc(F)cc1. The lowest BCUT2D eigenvalue weighted by atomic mass is 10.1. The minimum atomic E-state index is -0.243. The largest absolute Gasteiger partial charge is 0.369 e. The second-order valence-corrected chi connectivity index (χ2v) is 5.57. The molecule has 0 saturated carbocycles. The molecule has 0 radical (unpaired) electrons. The fraction of sp³-hybridized carbons (Fsp3) is 0.133. The third-order valence-electron chi connectivity index (χ3n) is 3.36. The molecular weight excluding hydrogens is 312 g/mol. The first kappa shape index (κ1) is 14.2. The van der Waals surface area contributed by atoms with Gasteiger partial charge in [-0.2, -0.15) is 0 Å². The molecule has 3 nitrogen and oxygen atoms in total. The lowest BCUT2D eigenvalue weighted by Crippen LogP contribution is -2.05. The molecule has 2 N–H and O–H groups in total. The number of nitrogens with zero attached hydrogens (tertiary/aromatic N) is 2. The van der Waals surface area contributed by atoms with E-state index < -0.39 is 0 Å². The summed E-state index contributed by atoms with van der Waals surface area (Å²) in [6.07, 6.45) is 0.718. The van der Waals surface area contributed by atoms with Crippen LogP contribution in [0, 0.1) is 5.82 Å². The Morgan fingerprint density at radius 1 is 1.10 bits per heavy atom. The smallest absolute Gasteiger partial charge is 0.201 e. The van der Waals surface area contributed by atoms with E-state index in [0.717, 1.165) is 17.5 Å². The van der Waals surface area contributed by atoms with Gasteiger partial charge in [-0.1, -0.05) is 35.3 Å². The Labute approximate surface area is 131 Å². The number of hydrogen-bond acceptors (Lipinski definition) is 2. The molecule has 0 bridgehead atoms. The van der Waals surface area contributed by atoms with Gasteiger partial charge < -0.3 is 10.3 Å². The molecular formula is C15H12Cl2FN3. The Hall–Kier alpha value is -1.78. The van der Waals surface area contributed by atoms with Gasteiger partial charge in [-0.25, -0.2) is 9.37 Å². The summed E-state index contributed by atoms with van der Waals surface area (Å²) in [5.41, 5.74) is 8.52. The van der Waals surface area contributed by atoms with Crippen LogP contribution in [0.15, 0.2) is 36.4 Å². The van der Waals surface area contributed by atoms with Gasteiger partial charge in [0.15, 0.2) is 0 Å². The summed E-state index contributed by atoms with van der Waals surface area (Å²) >= 11 is 12.0. The molecule has 0 aliphatic carbocycles. The van der Waals surface area contributed by atoms with Crippen molar-refractivity contribution in [3.05, 3.63) is 57.8 Å². The predicted octanol–water partition coefficient (Wildman–Crippen LogP) is 4.31. The van der Waals surface area contributed by atoms with E-state index in [-0.39, 0.29) is 5.82 Å². The minimum absolute atomic E-state index is 0.243. The quantitative estimate of drug-likeness (QED) is 0.780. The molecule has 6 heteroatoms. The molecule has 0 aliphatic heterocycles. The van der Waals surface area contributed by atoms with E-state index in [0.29, 0.717) is 28.1 Å². The number of aryl methyl sites for hydroxylation is 2. The highest BCUT2D eigenvalue weighted by molar-refractivity contribution is 6.42. The van der Waals surface area contributed by atoms with Crippen molar-refractivity contribution in [2.24, 2.45) is 0 Å². The fourth-order valence-electron chi connectivity index (χ4n) is 2.27. The summed E-state index contributed by atoms with van der Waals surface area (Å²) in [6, 6.07) is 9.86. The first-order valence-electron chi connectivity index (χ1n) is 6.40. The number of rotatable bonds is 3. The molecule has 3 rings (SSSR count). The summed E-state index contributed by atoms with van der Waals surface area (Å²) in [5, 5.41) is 0.916. The second kappa shape index (κ2) is 5.54. The number of halogens is 3. The number of hydrogen-bond donors (Lipinski definition) is 1. The normalized spacial score (nSPS) is 11.2. The number of nitrogens with two attached hydrogens (primary N) is 1. The van der Waals surface area contributed by atoms with E-state index >= 15 is 0 Å². The van der Waals surface area contributed by atoms with Gasteiger partial charge in [0.25, 0.3) is 0 Å². The first-order valence-corrected chi connectivity index (χ1v) is 7.15. The number of anilines is 1. The summed E-state index contributed by atoms with van der Waals surface area (Å²) in [5.74, 6) is 0.165. The Morgan fingerprint density at radius 3 is 2.48 bits per heavy atom. The minimum Gasteiger partial charge on any atom is -0.369 e. The van der Waals surface area contributed by atoms with Crippen molar-refractivity contribution in [1.82, 2.24) is 9.55 Å². The van der Waals surface area contributed by atoms with E-state index in [1.165, 1.54) is 12.1 Å². The first-order chi connectivity index (χ1) is 10.0. The van der Waals surface area contributed by atoms with Crippen LogP contribution >= 0.6 is 23.2 Å². The number of nitrogen functional groups attached to an aromatic ring is 1. The molecule has 0 fully saturated rings. The van der Waals surface area contributed by atoms with Gasteiger partial charge in [-0.3, -0.25) is 0 Å². The summed E-state index contributed by atoms with van der Waals surface area (Å²) < 4.78 is 14.8. The molecule has 21 heavy (non-hydrogen) atoms. The molecule has 0 amide bonds. The van der Waals surface area contributed by atoms with Crippen LogP contribution in [0.3, 0.4) is 0 Å². The molecule has 0 saturated heterocycles. The third-order valence-corrected chi connectivity index (χ3v) is 4.08. The van der Waals surface area contributed by atoms with Gasteiger partial charge in [0, 0.05) is 6.54 Å². The molecule has 3 aromatic rings. The molecule has 0 atom stereocenters. The van der Waals surface area contributed by atoms with Crippen LogP contribution in [-0.2, 0) is 13.0 Å². The molecule has 2 aromatic carbocycles. The zero-order valence-corrected chi connectivity index (χ0v) is 12.5. The molecule has 0 spiro atoms. The molecule has 0 aliphatic rings. The Kier molecular flexibility index (Phi) is 3.74. The maximum Gasteiger partial charge on any atom is 0.201 e. The number of fused-ring (bicyclic) bond motifs is 1. The number of benzene rings is 2. The Morgan fingerprint density at radius 2 is 1.76 bits per heavy atom. The van der Waals surface area contributed by atoms with E-state index in [1.54, 1.807) is 24.3 Å². The van der Waals surface area contributed by atoms with Crippen LogP contribution in [0.4, 0.5) is 10.3 Å². The zero-order valence-electron chi connectivity index (χ0n) is 11.0. The van der Waals surface area contributed by atoms with E-state index in [9.17, 15) is 4.39 Å². The van der Waals surface area contributed by atoms with Gasteiger partial charge in [-0.05, 0) is 36.2 Å². The maximum absolute atomic E-state index is 12.9. The molecule has 0 unspecified atom stereocenters. The van der Waals surface area contributed by atoms with E-state index in [2.05, 4.69) is 4.98 Å². The topological polar surface area (TPSA) is 43.8 Å². The van der Waals surface area contributed by atoms with E-state index in [1.807, 2.05) is 4.57 Å². The molecule has 1 heterocycles.